The van der Waals surface area contributed by atoms with Crippen LogP contribution in [0.3, 0.4) is 0 Å². The van der Waals surface area contributed by atoms with Gasteiger partial charge in [0, 0.05) is 46.0 Å². The molecule has 1 atom stereocenters. The number of methoxy groups -OCH3 is 1. The van der Waals surface area contributed by atoms with Crippen LogP contribution in [0.5, 0.6) is 5.75 Å². The van der Waals surface area contributed by atoms with E-state index in [1.807, 2.05) is 37.4 Å². The maximum absolute atomic E-state index is 5.56. The molecule has 1 aromatic heterocycles. The van der Waals surface area contributed by atoms with Gasteiger partial charge in [-0.25, -0.2) is 4.98 Å². The quantitative estimate of drug-likeness (QED) is 0.281. The summed E-state index contributed by atoms with van der Waals surface area (Å²) >= 11 is 0. The van der Waals surface area contributed by atoms with Crippen LogP contribution < -0.4 is 20.7 Å². The summed E-state index contributed by atoms with van der Waals surface area (Å²) < 4.78 is 10.9. The second-order valence-electron chi connectivity index (χ2n) is 7.67. The number of hydrogen-bond acceptors (Lipinski definition) is 6. The molecule has 0 bridgehead atoms. The summed E-state index contributed by atoms with van der Waals surface area (Å²) in [6.07, 6.45) is 3.91. The maximum atomic E-state index is 5.56. The van der Waals surface area contributed by atoms with Crippen LogP contribution in [0.1, 0.15) is 24.4 Å². The predicted octanol–water partition coefficient (Wildman–Crippen LogP) is 2.52. The van der Waals surface area contributed by atoms with Crippen molar-refractivity contribution in [1.82, 2.24) is 20.5 Å². The first-order chi connectivity index (χ1) is 15.8. The van der Waals surface area contributed by atoms with E-state index in [1.54, 1.807) is 13.3 Å². The molecule has 3 N–H and O–H groups in total. The largest absolute Gasteiger partial charge is 0.497 e. The normalized spacial score (nSPS) is 15.8. The van der Waals surface area contributed by atoms with Gasteiger partial charge in [-0.3, -0.25) is 9.89 Å². The van der Waals surface area contributed by atoms with E-state index in [4.69, 9.17) is 9.47 Å². The van der Waals surface area contributed by atoms with Crippen LogP contribution in [-0.2, 0) is 4.74 Å². The monoisotopic (exact) mass is 440 g/mol. The molecule has 32 heavy (non-hydrogen) atoms. The second-order valence-corrected chi connectivity index (χ2v) is 7.67. The Morgan fingerprint density at radius 2 is 1.88 bits per heavy atom. The Labute approximate surface area is 191 Å². The zero-order valence-corrected chi connectivity index (χ0v) is 19.2. The van der Waals surface area contributed by atoms with Crippen molar-refractivity contribution in [2.45, 2.75) is 18.9 Å². The van der Waals surface area contributed by atoms with Crippen LogP contribution in [0.15, 0.2) is 53.7 Å². The maximum Gasteiger partial charge on any atom is 0.191 e. The molecule has 1 unspecified atom stereocenters. The van der Waals surface area contributed by atoms with Crippen molar-refractivity contribution >= 4 is 11.8 Å². The van der Waals surface area contributed by atoms with Crippen LogP contribution in [0.25, 0.3) is 0 Å². The van der Waals surface area contributed by atoms with Gasteiger partial charge in [0.15, 0.2) is 5.96 Å². The Bertz CT molecular complexity index is 794. The molecule has 1 aromatic carbocycles. The average Bonchev–Trinajstić information content (AvgIpc) is 2.86. The summed E-state index contributed by atoms with van der Waals surface area (Å²) in [6, 6.07) is 14.5. The van der Waals surface area contributed by atoms with E-state index >= 15 is 0 Å². The molecule has 0 amide bonds. The van der Waals surface area contributed by atoms with Crippen molar-refractivity contribution in [3.63, 3.8) is 0 Å². The Morgan fingerprint density at radius 1 is 1.09 bits per heavy atom. The van der Waals surface area contributed by atoms with Gasteiger partial charge in [-0.15, -0.1) is 0 Å². The fourth-order valence-electron chi connectivity index (χ4n) is 3.73. The van der Waals surface area contributed by atoms with E-state index in [2.05, 4.69) is 43.0 Å². The van der Waals surface area contributed by atoms with E-state index in [9.17, 15) is 0 Å². The van der Waals surface area contributed by atoms with Crippen molar-refractivity contribution in [1.29, 1.82) is 0 Å². The van der Waals surface area contributed by atoms with Gasteiger partial charge in [0.25, 0.3) is 0 Å². The van der Waals surface area contributed by atoms with Gasteiger partial charge in [0.05, 0.1) is 26.4 Å². The highest BCUT2D eigenvalue weighted by Crippen LogP contribution is 2.23. The third kappa shape index (κ3) is 7.69. The van der Waals surface area contributed by atoms with E-state index < -0.39 is 0 Å². The Hall–Kier alpha value is -2.84. The average molecular weight is 441 g/mol. The number of aromatic nitrogens is 1. The third-order valence-electron chi connectivity index (χ3n) is 5.54. The molecule has 1 saturated heterocycles. The molecular formula is C24H36N6O2. The molecule has 8 heteroatoms. The van der Waals surface area contributed by atoms with Gasteiger partial charge in [-0.2, -0.15) is 0 Å². The fourth-order valence-corrected chi connectivity index (χ4v) is 3.73. The topological polar surface area (TPSA) is 83.0 Å². The van der Waals surface area contributed by atoms with E-state index in [0.717, 1.165) is 76.3 Å². The molecule has 2 heterocycles. The number of unbranched alkanes of at least 4 members (excludes halogenated alkanes) is 1. The fraction of sp³-hybridized carbons (Fsp3) is 0.500. The molecule has 1 aliphatic heterocycles. The van der Waals surface area contributed by atoms with Crippen molar-refractivity contribution < 1.29 is 9.47 Å². The number of hydrogen-bond donors (Lipinski definition) is 3. The molecule has 3 rings (SSSR count). The summed E-state index contributed by atoms with van der Waals surface area (Å²) in [7, 11) is 3.51. The molecule has 0 spiro atoms. The van der Waals surface area contributed by atoms with Crippen molar-refractivity contribution in [3.05, 3.63) is 54.2 Å². The van der Waals surface area contributed by atoms with E-state index in [1.165, 1.54) is 5.56 Å². The standard InChI is InChI=1S/C24H36N6O2/c1-25-24(28-14-6-5-13-27-23-7-3-4-12-26-23)29-19-22(30-15-17-32-18-16-30)20-8-10-21(31-2)11-9-20/h3-4,7-12,22H,5-6,13-19H2,1-2H3,(H,26,27)(H2,25,28,29). The lowest BCUT2D eigenvalue weighted by molar-refractivity contribution is 0.0170. The van der Waals surface area contributed by atoms with Gasteiger partial charge in [0.2, 0.25) is 0 Å². The van der Waals surface area contributed by atoms with Crippen LogP contribution in [0.4, 0.5) is 5.82 Å². The summed E-state index contributed by atoms with van der Waals surface area (Å²) in [5.74, 6) is 2.62. The summed E-state index contributed by atoms with van der Waals surface area (Å²) in [5, 5.41) is 10.3. The number of guanidine groups is 1. The summed E-state index contributed by atoms with van der Waals surface area (Å²) in [6.45, 7) is 5.93. The smallest absolute Gasteiger partial charge is 0.191 e. The minimum Gasteiger partial charge on any atom is -0.497 e. The minimum atomic E-state index is 0.242. The number of morpholine rings is 1. The Balaban J connectivity index is 1.44. The van der Waals surface area contributed by atoms with Crippen LogP contribution in [0, 0.1) is 0 Å². The lowest BCUT2D eigenvalue weighted by Gasteiger charge is -2.35. The number of ether oxygens (including phenoxy) is 2. The zero-order valence-electron chi connectivity index (χ0n) is 19.2. The number of aliphatic imine (C=N–C) groups is 1. The Kier molecular flexibility index (Phi) is 10.1. The molecule has 0 saturated carbocycles. The second kappa shape index (κ2) is 13.5. The lowest BCUT2D eigenvalue weighted by Crippen LogP contribution is -2.46. The summed E-state index contributed by atoms with van der Waals surface area (Å²) in [5.41, 5.74) is 1.26. The molecule has 0 aliphatic carbocycles. The number of rotatable bonds is 11. The molecule has 0 radical (unpaired) electrons. The zero-order chi connectivity index (χ0) is 22.4. The number of anilines is 1. The highest BCUT2D eigenvalue weighted by molar-refractivity contribution is 5.79. The molecule has 8 nitrogen and oxygen atoms in total. The number of nitrogens with zero attached hydrogens (tertiary/aromatic N) is 3. The molecule has 174 valence electrons. The van der Waals surface area contributed by atoms with Crippen LogP contribution in [0.2, 0.25) is 0 Å². The third-order valence-corrected chi connectivity index (χ3v) is 5.54. The predicted molar refractivity (Wildman–Crippen MR) is 129 cm³/mol. The van der Waals surface area contributed by atoms with Crippen LogP contribution in [-0.4, -0.2) is 75.9 Å². The first-order valence-corrected chi connectivity index (χ1v) is 11.4. The van der Waals surface area contributed by atoms with Crippen molar-refractivity contribution in [2.75, 3.05) is 65.4 Å². The van der Waals surface area contributed by atoms with Gasteiger partial charge in [-0.05, 0) is 42.7 Å². The number of nitrogens with one attached hydrogen (secondary N) is 3. The van der Waals surface area contributed by atoms with Gasteiger partial charge in [-0.1, -0.05) is 18.2 Å². The van der Waals surface area contributed by atoms with Gasteiger partial charge in [0.1, 0.15) is 11.6 Å². The first-order valence-electron chi connectivity index (χ1n) is 11.4. The highest BCUT2D eigenvalue weighted by atomic mass is 16.5. The molecular weight excluding hydrogens is 404 g/mol. The van der Waals surface area contributed by atoms with Gasteiger partial charge < -0.3 is 25.4 Å². The lowest BCUT2D eigenvalue weighted by atomic mass is 10.0. The number of pyridine rings is 1. The van der Waals surface area contributed by atoms with Gasteiger partial charge >= 0.3 is 0 Å². The van der Waals surface area contributed by atoms with E-state index in [-0.39, 0.29) is 6.04 Å². The van der Waals surface area contributed by atoms with Crippen LogP contribution >= 0.6 is 0 Å². The number of benzene rings is 1. The SMILES string of the molecule is CN=C(NCCCCNc1ccccn1)NCC(c1ccc(OC)cc1)N1CCOCC1. The van der Waals surface area contributed by atoms with Crippen molar-refractivity contribution in [2.24, 2.45) is 4.99 Å². The molecule has 1 aliphatic rings. The van der Waals surface area contributed by atoms with Crippen molar-refractivity contribution in [3.8, 4) is 5.75 Å². The first kappa shape index (κ1) is 23.8. The Morgan fingerprint density at radius 3 is 2.56 bits per heavy atom. The molecule has 1 fully saturated rings. The minimum absolute atomic E-state index is 0.242. The van der Waals surface area contributed by atoms with E-state index in [0.29, 0.717) is 0 Å². The summed E-state index contributed by atoms with van der Waals surface area (Å²) in [4.78, 5) is 11.1. The highest BCUT2D eigenvalue weighted by Gasteiger charge is 2.23. The molecule has 2 aromatic rings.